The lowest BCUT2D eigenvalue weighted by Crippen LogP contribution is -2.40. The molecule has 1 rings (SSSR count). The minimum atomic E-state index is -2.90. The maximum atomic E-state index is 11.1. The molecule has 1 saturated carbocycles. The first-order valence-corrected chi connectivity index (χ1v) is 9.73. The third-order valence-corrected chi connectivity index (χ3v) is 4.28. The maximum Gasteiger partial charge on any atom is 0.193 e. The molecule has 0 aromatic carbocycles. The van der Waals surface area contributed by atoms with Crippen LogP contribution in [0.25, 0.3) is 0 Å². The van der Waals surface area contributed by atoms with E-state index < -0.39 is 9.84 Å². The molecule has 1 aliphatic carbocycles. The van der Waals surface area contributed by atoms with Crippen LogP contribution in [0.15, 0.2) is 4.99 Å². The fraction of sp³-hybridized carbons (Fsp3) is 0.929. The Morgan fingerprint density at radius 2 is 2.14 bits per heavy atom. The Balaban J connectivity index is 2.27. The molecule has 0 aromatic heterocycles. The van der Waals surface area contributed by atoms with Crippen LogP contribution in [0.3, 0.4) is 0 Å². The van der Waals surface area contributed by atoms with Gasteiger partial charge in [0.15, 0.2) is 5.96 Å². The van der Waals surface area contributed by atoms with Gasteiger partial charge in [0, 0.05) is 39.5 Å². The monoisotopic (exact) mass is 319 g/mol. The lowest BCUT2D eigenvalue weighted by Gasteiger charge is -2.22. The number of nitrogens with zero attached hydrogens (tertiary/aromatic N) is 2. The number of likely N-dealkylation sites (N-methyl/N-ethyl adjacent to an activating group) is 1. The van der Waals surface area contributed by atoms with Gasteiger partial charge in [0.1, 0.15) is 9.84 Å². The van der Waals surface area contributed by atoms with E-state index in [1.807, 2.05) is 18.9 Å². The van der Waals surface area contributed by atoms with E-state index in [2.05, 4.69) is 10.3 Å². The molecule has 1 N–H and O–H groups in total. The molecule has 0 aliphatic heterocycles. The molecular weight excluding hydrogens is 290 g/mol. The second-order valence-corrected chi connectivity index (χ2v) is 7.92. The summed E-state index contributed by atoms with van der Waals surface area (Å²) in [6.07, 6.45) is 4.42. The summed E-state index contributed by atoms with van der Waals surface area (Å²) < 4.78 is 27.8. The van der Waals surface area contributed by atoms with E-state index >= 15 is 0 Å². The number of hydrogen-bond donors (Lipinski definition) is 1. The van der Waals surface area contributed by atoms with Crippen molar-refractivity contribution in [2.75, 3.05) is 51.9 Å². The summed E-state index contributed by atoms with van der Waals surface area (Å²) in [7, 11) is -0.927. The van der Waals surface area contributed by atoms with Gasteiger partial charge < -0.3 is 15.0 Å². The molecule has 0 saturated heterocycles. The van der Waals surface area contributed by atoms with E-state index in [-0.39, 0.29) is 5.75 Å². The predicted molar refractivity (Wildman–Crippen MR) is 86.5 cm³/mol. The zero-order valence-electron chi connectivity index (χ0n) is 13.5. The summed E-state index contributed by atoms with van der Waals surface area (Å²) in [5.74, 6) is 1.78. The molecule has 0 unspecified atom stereocenters. The lowest BCUT2D eigenvalue weighted by atomic mass is 10.5. The Morgan fingerprint density at radius 1 is 1.43 bits per heavy atom. The highest BCUT2D eigenvalue weighted by Crippen LogP contribution is 2.28. The van der Waals surface area contributed by atoms with Gasteiger partial charge in [0.25, 0.3) is 0 Å². The van der Waals surface area contributed by atoms with Crippen molar-refractivity contribution < 1.29 is 13.2 Å². The average molecular weight is 319 g/mol. The van der Waals surface area contributed by atoms with Gasteiger partial charge >= 0.3 is 0 Å². The molecule has 0 bridgehead atoms. The summed E-state index contributed by atoms with van der Waals surface area (Å²) in [5.41, 5.74) is 0. The largest absolute Gasteiger partial charge is 0.379 e. The molecule has 0 heterocycles. The number of rotatable bonds is 10. The van der Waals surface area contributed by atoms with E-state index in [0.29, 0.717) is 19.6 Å². The quantitative estimate of drug-likeness (QED) is 0.365. The highest BCUT2D eigenvalue weighted by atomic mass is 32.2. The highest BCUT2D eigenvalue weighted by molar-refractivity contribution is 7.90. The molecule has 0 atom stereocenters. The fourth-order valence-electron chi connectivity index (χ4n) is 1.82. The van der Waals surface area contributed by atoms with Crippen LogP contribution in [0, 0.1) is 5.92 Å². The number of sulfone groups is 1. The smallest absolute Gasteiger partial charge is 0.193 e. The average Bonchev–Trinajstić information content (AvgIpc) is 3.21. The van der Waals surface area contributed by atoms with Crippen molar-refractivity contribution in [2.24, 2.45) is 10.9 Å². The number of nitrogens with one attached hydrogen (secondary N) is 1. The van der Waals surface area contributed by atoms with Crippen LogP contribution in [0.4, 0.5) is 0 Å². The second-order valence-electron chi connectivity index (χ2n) is 5.66. The van der Waals surface area contributed by atoms with Gasteiger partial charge in [-0.05, 0) is 32.1 Å². The SMILES string of the molecule is CCNC(=NCCCS(C)(=O)=O)N(C)CCOCC1CC1. The van der Waals surface area contributed by atoms with Crippen molar-refractivity contribution in [1.82, 2.24) is 10.2 Å². The summed E-state index contributed by atoms with van der Waals surface area (Å²) in [6, 6.07) is 0. The zero-order chi connectivity index (χ0) is 15.7. The van der Waals surface area contributed by atoms with E-state index in [4.69, 9.17) is 4.74 Å². The molecule has 0 radical (unpaired) electrons. The van der Waals surface area contributed by atoms with Gasteiger partial charge in [-0.1, -0.05) is 0 Å². The first-order valence-electron chi connectivity index (χ1n) is 7.67. The van der Waals surface area contributed by atoms with Crippen molar-refractivity contribution in [2.45, 2.75) is 26.2 Å². The Bertz CT molecular complexity index is 419. The van der Waals surface area contributed by atoms with Crippen molar-refractivity contribution in [1.29, 1.82) is 0 Å². The molecule has 0 amide bonds. The molecule has 6 nitrogen and oxygen atoms in total. The van der Waals surface area contributed by atoms with Crippen molar-refractivity contribution >= 4 is 15.8 Å². The van der Waals surface area contributed by atoms with Crippen molar-refractivity contribution in [3.63, 3.8) is 0 Å². The normalized spacial score (nSPS) is 16.0. The fourth-order valence-corrected chi connectivity index (χ4v) is 2.48. The number of hydrogen-bond acceptors (Lipinski definition) is 4. The topological polar surface area (TPSA) is 71.0 Å². The summed E-state index contributed by atoms with van der Waals surface area (Å²) in [4.78, 5) is 6.48. The lowest BCUT2D eigenvalue weighted by molar-refractivity contribution is 0.115. The van der Waals surface area contributed by atoms with E-state index in [0.717, 1.165) is 31.6 Å². The Kier molecular flexibility index (Phi) is 8.03. The summed E-state index contributed by atoms with van der Waals surface area (Å²) in [5, 5.41) is 3.21. The minimum absolute atomic E-state index is 0.185. The van der Waals surface area contributed by atoms with Crippen LogP contribution in [0.5, 0.6) is 0 Å². The summed E-state index contributed by atoms with van der Waals surface area (Å²) in [6.45, 7) is 5.67. The molecule has 0 spiro atoms. The maximum absolute atomic E-state index is 11.1. The molecule has 124 valence electrons. The Hall–Kier alpha value is -0.820. The third-order valence-electron chi connectivity index (χ3n) is 3.25. The van der Waals surface area contributed by atoms with Gasteiger partial charge in [0.05, 0.1) is 12.4 Å². The van der Waals surface area contributed by atoms with Gasteiger partial charge in [0.2, 0.25) is 0 Å². The van der Waals surface area contributed by atoms with Gasteiger partial charge in [-0.2, -0.15) is 0 Å². The van der Waals surface area contributed by atoms with Crippen molar-refractivity contribution in [3.8, 4) is 0 Å². The number of ether oxygens (including phenoxy) is 1. The molecule has 7 heteroatoms. The van der Waals surface area contributed by atoms with E-state index in [1.54, 1.807) is 0 Å². The first kappa shape index (κ1) is 18.2. The Labute approximate surface area is 128 Å². The molecule has 1 aliphatic rings. The van der Waals surface area contributed by atoms with Crippen LogP contribution in [-0.2, 0) is 14.6 Å². The zero-order valence-corrected chi connectivity index (χ0v) is 14.3. The molecule has 0 aromatic rings. The summed E-state index contributed by atoms with van der Waals surface area (Å²) >= 11 is 0. The Morgan fingerprint density at radius 3 is 2.71 bits per heavy atom. The third kappa shape index (κ3) is 9.68. The second kappa shape index (κ2) is 9.25. The molecule has 1 fully saturated rings. The van der Waals surface area contributed by atoms with Crippen molar-refractivity contribution in [3.05, 3.63) is 0 Å². The van der Waals surface area contributed by atoms with Crippen LogP contribution >= 0.6 is 0 Å². The van der Waals surface area contributed by atoms with Crippen LogP contribution in [0.1, 0.15) is 26.2 Å². The van der Waals surface area contributed by atoms with Crippen LogP contribution < -0.4 is 5.32 Å². The van der Waals surface area contributed by atoms with Gasteiger partial charge in [-0.15, -0.1) is 0 Å². The van der Waals surface area contributed by atoms with E-state index in [9.17, 15) is 8.42 Å². The number of aliphatic imine (C=N–C) groups is 1. The van der Waals surface area contributed by atoms with Gasteiger partial charge in [-0.25, -0.2) is 8.42 Å². The minimum Gasteiger partial charge on any atom is -0.379 e. The van der Waals surface area contributed by atoms with Gasteiger partial charge in [-0.3, -0.25) is 4.99 Å². The van der Waals surface area contributed by atoms with Crippen LogP contribution in [0.2, 0.25) is 0 Å². The molecule has 21 heavy (non-hydrogen) atoms. The molecular formula is C14H29N3O3S. The number of guanidine groups is 1. The first-order chi connectivity index (χ1) is 9.92. The predicted octanol–water partition coefficient (Wildman–Crippen LogP) is 0.745. The standard InChI is InChI=1S/C14H29N3O3S/c1-4-15-14(16-8-5-11-21(3,18)19)17(2)9-10-20-12-13-6-7-13/h13H,4-12H2,1-3H3,(H,15,16). The van der Waals surface area contributed by atoms with E-state index in [1.165, 1.54) is 19.1 Å². The van der Waals surface area contributed by atoms with Crippen LogP contribution in [-0.4, -0.2) is 71.2 Å². The highest BCUT2D eigenvalue weighted by Gasteiger charge is 2.21.